The number of rotatable bonds is 2. The molecule has 1 aromatic rings. The van der Waals surface area contributed by atoms with E-state index >= 15 is 0 Å². The van der Waals surface area contributed by atoms with Crippen molar-refractivity contribution < 1.29 is 4.74 Å². The van der Waals surface area contributed by atoms with Crippen LogP contribution in [0.5, 0.6) is 5.75 Å². The molecule has 0 aromatic heterocycles. The van der Waals surface area contributed by atoms with Crippen LogP contribution in [0.2, 0.25) is 0 Å². The SMILES string of the molecule is SCOc1ccccc1Br. The number of benzene rings is 1. The predicted octanol–water partition coefficient (Wildman–Crippen LogP) is 2.72. The topological polar surface area (TPSA) is 9.23 Å². The van der Waals surface area contributed by atoms with Crippen LogP contribution in [0, 0.1) is 0 Å². The molecule has 0 heterocycles. The zero-order chi connectivity index (χ0) is 7.40. The van der Waals surface area contributed by atoms with E-state index in [0.29, 0.717) is 5.94 Å². The molecule has 0 fully saturated rings. The smallest absolute Gasteiger partial charge is 0.134 e. The van der Waals surface area contributed by atoms with Gasteiger partial charge in [-0.3, -0.25) is 0 Å². The maximum absolute atomic E-state index is 5.15. The van der Waals surface area contributed by atoms with Crippen LogP contribution in [0.25, 0.3) is 0 Å². The second-order valence-corrected chi connectivity index (χ2v) is 2.82. The van der Waals surface area contributed by atoms with Crippen molar-refractivity contribution in [3.8, 4) is 5.75 Å². The first-order valence-electron chi connectivity index (χ1n) is 2.83. The van der Waals surface area contributed by atoms with Crippen molar-refractivity contribution >= 4 is 28.6 Å². The summed E-state index contributed by atoms with van der Waals surface area (Å²) in [6, 6.07) is 7.68. The lowest BCUT2D eigenvalue weighted by Crippen LogP contribution is -1.88. The molecule has 10 heavy (non-hydrogen) atoms. The lowest BCUT2D eigenvalue weighted by molar-refractivity contribution is 0.392. The van der Waals surface area contributed by atoms with Crippen LogP contribution in [0.1, 0.15) is 0 Å². The number of hydrogen-bond donors (Lipinski definition) is 1. The Bertz CT molecular complexity index is 215. The van der Waals surface area contributed by atoms with Gasteiger partial charge < -0.3 is 4.74 Å². The molecule has 0 aliphatic carbocycles. The maximum atomic E-state index is 5.15. The third kappa shape index (κ3) is 1.92. The molecular weight excluding hydrogens is 212 g/mol. The first-order chi connectivity index (χ1) is 4.84. The van der Waals surface area contributed by atoms with Crippen LogP contribution >= 0.6 is 28.6 Å². The molecule has 0 aliphatic rings. The number of hydrogen-bond acceptors (Lipinski definition) is 2. The van der Waals surface area contributed by atoms with E-state index in [1.54, 1.807) is 0 Å². The Kier molecular flexibility index (Phi) is 3.09. The van der Waals surface area contributed by atoms with E-state index in [9.17, 15) is 0 Å². The molecule has 1 rings (SSSR count). The fraction of sp³-hybridized carbons (Fsp3) is 0.143. The van der Waals surface area contributed by atoms with Crippen molar-refractivity contribution in [3.05, 3.63) is 28.7 Å². The van der Waals surface area contributed by atoms with E-state index in [4.69, 9.17) is 4.74 Å². The van der Waals surface area contributed by atoms with E-state index in [1.165, 1.54) is 0 Å². The lowest BCUT2D eigenvalue weighted by atomic mass is 10.3. The molecule has 0 unspecified atom stereocenters. The van der Waals surface area contributed by atoms with Crippen LogP contribution < -0.4 is 4.74 Å². The number of ether oxygens (including phenoxy) is 1. The molecule has 0 N–H and O–H groups in total. The van der Waals surface area contributed by atoms with E-state index < -0.39 is 0 Å². The van der Waals surface area contributed by atoms with Crippen LogP contribution in [0.15, 0.2) is 28.7 Å². The Morgan fingerprint density at radius 2 is 2.10 bits per heavy atom. The second kappa shape index (κ2) is 3.88. The molecular formula is C7H7BrOS. The van der Waals surface area contributed by atoms with Gasteiger partial charge >= 0.3 is 0 Å². The van der Waals surface area contributed by atoms with E-state index in [1.807, 2.05) is 24.3 Å². The van der Waals surface area contributed by atoms with Gasteiger partial charge in [-0.1, -0.05) is 12.1 Å². The van der Waals surface area contributed by atoms with Crippen LogP contribution in [-0.2, 0) is 0 Å². The van der Waals surface area contributed by atoms with Gasteiger partial charge in [0.15, 0.2) is 0 Å². The van der Waals surface area contributed by atoms with Gasteiger partial charge in [-0.25, -0.2) is 0 Å². The van der Waals surface area contributed by atoms with Gasteiger partial charge in [0.1, 0.15) is 11.7 Å². The summed E-state index contributed by atoms with van der Waals surface area (Å²) in [6.07, 6.45) is 0. The molecule has 0 atom stereocenters. The first-order valence-corrected chi connectivity index (χ1v) is 4.25. The highest BCUT2D eigenvalue weighted by molar-refractivity contribution is 9.10. The molecule has 54 valence electrons. The lowest BCUT2D eigenvalue weighted by Gasteiger charge is -2.02. The summed E-state index contributed by atoms with van der Waals surface area (Å²) in [4.78, 5) is 0. The molecule has 1 nitrogen and oxygen atoms in total. The van der Waals surface area contributed by atoms with E-state index in [-0.39, 0.29) is 0 Å². The number of thiol groups is 1. The summed E-state index contributed by atoms with van der Waals surface area (Å²) in [7, 11) is 0. The Balaban J connectivity index is 2.81. The molecule has 0 radical (unpaired) electrons. The zero-order valence-electron chi connectivity index (χ0n) is 5.25. The van der Waals surface area contributed by atoms with Crippen molar-refractivity contribution in [2.24, 2.45) is 0 Å². The fourth-order valence-electron chi connectivity index (χ4n) is 0.631. The predicted molar refractivity (Wildman–Crippen MR) is 48.6 cm³/mol. The molecule has 0 saturated carbocycles. The third-order valence-electron chi connectivity index (χ3n) is 1.06. The van der Waals surface area contributed by atoms with Crippen LogP contribution in [0.3, 0.4) is 0 Å². The minimum atomic E-state index is 0.405. The minimum Gasteiger partial charge on any atom is -0.482 e. The summed E-state index contributed by atoms with van der Waals surface area (Å²) in [6.45, 7) is 0. The average molecular weight is 219 g/mol. The number of halogens is 1. The Hall–Kier alpha value is -0.150. The summed E-state index contributed by atoms with van der Waals surface area (Å²) < 4.78 is 6.12. The Morgan fingerprint density at radius 3 is 2.70 bits per heavy atom. The normalized spacial score (nSPS) is 9.40. The van der Waals surface area contributed by atoms with Crippen LogP contribution in [-0.4, -0.2) is 5.94 Å². The quantitative estimate of drug-likeness (QED) is 0.594. The summed E-state index contributed by atoms with van der Waals surface area (Å²) in [5.41, 5.74) is 0. The third-order valence-corrected chi connectivity index (χ3v) is 1.84. The largest absolute Gasteiger partial charge is 0.482 e. The second-order valence-electron chi connectivity index (χ2n) is 1.70. The minimum absolute atomic E-state index is 0.405. The number of para-hydroxylation sites is 1. The molecule has 0 bridgehead atoms. The molecule has 1 aromatic carbocycles. The Morgan fingerprint density at radius 1 is 1.40 bits per heavy atom. The van der Waals surface area contributed by atoms with Crippen molar-refractivity contribution in [1.29, 1.82) is 0 Å². The maximum Gasteiger partial charge on any atom is 0.134 e. The highest BCUT2D eigenvalue weighted by atomic mass is 79.9. The van der Waals surface area contributed by atoms with Crippen molar-refractivity contribution in [3.63, 3.8) is 0 Å². The van der Waals surface area contributed by atoms with Crippen molar-refractivity contribution in [2.45, 2.75) is 0 Å². The monoisotopic (exact) mass is 218 g/mol. The molecule has 0 saturated heterocycles. The van der Waals surface area contributed by atoms with Gasteiger partial charge in [0, 0.05) is 0 Å². The van der Waals surface area contributed by atoms with Gasteiger partial charge in [0.25, 0.3) is 0 Å². The summed E-state index contributed by atoms with van der Waals surface area (Å²) in [5.74, 6) is 1.24. The van der Waals surface area contributed by atoms with Crippen LogP contribution in [0.4, 0.5) is 0 Å². The standard InChI is InChI=1S/C7H7BrOS/c8-6-3-1-2-4-7(6)9-5-10/h1-4,10H,5H2. The molecule has 0 spiro atoms. The molecule has 0 amide bonds. The Labute approximate surface area is 73.9 Å². The fourth-order valence-corrected chi connectivity index (χ4v) is 1.17. The van der Waals surface area contributed by atoms with E-state index in [0.717, 1.165) is 10.2 Å². The van der Waals surface area contributed by atoms with Gasteiger partial charge in [0.05, 0.1) is 4.47 Å². The summed E-state index contributed by atoms with van der Waals surface area (Å²) >= 11 is 7.27. The van der Waals surface area contributed by atoms with Gasteiger partial charge in [-0.15, -0.1) is 12.6 Å². The average Bonchev–Trinajstić information content (AvgIpc) is 1.94. The van der Waals surface area contributed by atoms with Gasteiger partial charge in [-0.05, 0) is 28.1 Å². The zero-order valence-corrected chi connectivity index (χ0v) is 7.73. The highest BCUT2D eigenvalue weighted by Gasteiger charge is 1.95. The van der Waals surface area contributed by atoms with E-state index in [2.05, 4.69) is 28.6 Å². The molecule has 0 aliphatic heterocycles. The summed E-state index contributed by atoms with van der Waals surface area (Å²) in [5, 5.41) is 0. The van der Waals surface area contributed by atoms with Gasteiger partial charge in [0.2, 0.25) is 0 Å². The van der Waals surface area contributed by atoms with Crippen molar-refractivity contribution in [1.82, 2.24) is 0 Å². The van der Waals surface area contributed by atoms with Gasteiger partial charge in [-0.2, -0.15) is 0 Å². The highest BCUT2D eigenvalue weighted by Crippen LogP contribution is 2.23. The molecule has 3 heteroatoms. The van der Waals surface area contributed by atoms with Crippen molar-refractivity contribution in [2.75, 3.05) is 5.94 Å². The first kappa shape index (κ1) is 7.95.